The van der Waals surface area contributed by atoms with E-state index in [1.807, 2.05) is 36.4 Å². The minimum absolute atomic E-state index is 0.434. The molecule has 136 valence electrons. The Morgan fingerprint density at radius 2 is 1.73 bits per heavy atom. The maximum atomic E-state index is 10.4. The molecule has 0 radical (unpaired) electrons. The predicted molar refractivity (Wildman–Crippen MR) is 100.0 cm³/mol. The van der Waals surface area contributed by atoms with E-state index in [-0.39, 0.29) is 0 Å². The van der Waals surface area contributed by atoms with Crippen LogP contribution in [0.2, 0.25) is 0 Å². The Bertz CT molecular complexity index is 906. The van der Waals surface area contributed by atoms with Crippen molar-refractivity contribution < 1.29 is 25.2 Å². The summed E-state index contributed by atoms with van der Waals surface area (Å²) >= 11 is 1.67. The van der Waals surface area contributed by atoms with Gasteiger partial charge in [0.25, 0.3) is 0 Å². The van der Waals surface area contributed by atoms with E-state index >= 15 is 0 Å². The minimum Gasteiger partial charge on any atom is -0.394 e. The molecule has 26 heavy (non-hydrogen) atoms. The molecule has 1 aromatic heterocycles. The van der Waals surface area contributed by atoms with Gasteiger partial charge in [-0.3, -0.25) is 0 Å². The van der Waals surface area contributed by atoms with E-state index in [0.717, 1.165) is 16.5 Å². The maximum Gasteiger partial charge on any atom is 0.113 e. The van der Waals surface area contributed by atoms with Gasteiger partial charge in [0, 0.05) is 15.6 Å². The first kappa shape index (κ1) is 17.6. The van der Waals surface area contributed by atoms with Crippen molar-refractivity contribution in [2.45, 2.75) is 30.5 Å². The number of benzene rings is 2. The first-order valence-electron chi connectivity index (χ1n) is 8.47. The molecule has 0 unspecified atom stereocenters. The monoisotopic (exact) mass is 372 g/mol. The van der Waals surface area contributed by atoms with Crippen LogP contribution in [0.5, 0.6) is 0 Å². The molecule has 4 rings (SSSR count). The average Bonchev–Trinajstić information content (AvgIpc) is 3.11. The van der Waals surface area contributed by atoms with E-state index in [9.17, 15) is 20.4 Å². The van der Waals surface area contributed by atoms with Crippen molar-refractivity contribution in [3.05, 3.63) is 59.5 Å². The fourth-order valence-corrected chi connectivity index (χ4v) is 4.43. The second kappa shape index (κ2) is 7.08. The van der Waals surface area contributed by atoms with Gasteiger partial charge in [-0.05, 0) is 28.6 Å². The standard InChI is InChI=1S/C20H20O5S/c21-9-15-17(22)18(23)19(24)20(25-15)12-5-3-4-11(8-12)14-10-26-16-7-2-1-6-13(14)16/h1-8,10,15,17-24H,9H2/t15-,17-,18+,19-,20+/m1/s1. The Kier molecular flexibility index (Phi) is 4.79. The summed E-state index contributed by atoms with van der Waals surface area (Å²) in [5.41, 5.74) is 2.77. The molecule has 4 N–H and O–H groups in total. The largest absolute Gasteiger partial charge is 0.394 e. The lowest BCUT2D eigenvalue weighted by Gasteiger charge is -2.40. The van der Waals surface area contributed by atoms with Crippen LogP contribution in [0.3, 0.4) is 0 Å². The molecule has 1 fully saturated rings. The van der Waals surface area contributed by atoms with Gasteiger partial charge < -0.3 is 25.2 Å². The summed E-state index contributed by atoms with van der Waals surface area (Å²) in [6.07, 6.45) is -5.74. The smallest absolute Gasteiger partial charge is 0.113 e. The fourth-order valence-electron chi connectivity index (χ4n) is 3.46. The van der Waals surface area contributed by atoms with Gasteiger partial charge in [-0.1, -0.05) is 36.4 Å². The number of hydrogen-bond acceptors (Lipinski definition) is 6. The van der Waals surface area contributed by atoms with Gasteiger partial charge in [0.1, 0.15) is 30.5 Å². The second-order valence-corrected chi connectivity index (χ2v) is 7.43. The molecule has 0 spiro atoms. The van der Waals surface area contributed by atoms with Crippen molar-refractivity contribution in [1.82, 2.24) is 0 Å². The predicted octanol–water partition coefficient (Wildman–Crippen LogP) is 2.08. The molecule has 5 nitrogen and oxygen atoms in total. The molecule has 0 saturated carbocycles. The van der Waals surface area contributed by atoms with Gasteiger partial charge in [-0.15, -0.1) is 11.3 Å². The summed E-state index contributed by atoms with van der Waals surface area (Å²) in [5, 5.41) is 43.0. The second-order valence-electron chi connectivity index (χ2n) is 6.52. The molecule has 6 heteroatoms. The summed E-state index contributed by atoms with van der Waals surface area (Å²) in [7, 11) is 0. The number of rotatable bonds is 3. The van der Waals surface area contributed by atoms with Crippen LogP contribution in [0, 0.1) is 0 Å². The summed E-state index contributed by atoms with van der Waals surface area (Å²) in [6, 6.07) is 15.7. The summed E-state index contributed by atoms with van der Waals surface area (Å²) in [5.74, 6) is 0. The number of fused-ring (bicyclic) bond motifs is 1. The zero-order valence-electron chi connectivity index (χ0n) is 13.9. The third kappa shape index (κ3) is 2.95. The van der Waals surface area contributed by atoms with E-state index in [1.54, 1.807) is 11.3 Å². The highest BCUT2D eigenvalue weighted by atomic mass is 32.1. The molecule has 0 aliphatic carbocycles. The number of hydrogen-bond donors (Lipinski definition) is 4. The van der Waals surface area contributed by atoms with E-state index in [2.05, 4.69) is 17.5 Å². The van der Waals surface area contributed by atoms with Crippen molar-refractivity contribution in [3.8, 4) is 11.1 Å². The van der Waals surface area contributed by atoms with Crippen LogP contribution in [0.1, 0.15) is 11.7 Å². The van der Waals surface area contributed by atoms with Crippen LogP contribution in [0.4, 0.5) is 0 Å². The van der Waals surface area contributed by atoms with E-state index in [1.165, 1.54) is 4.70 Å². The van der Waals surface area contributed by atoms with Gasteiger partial charge in [0.2, 0.25) is 0 Å². The first-order valence-corrected chi connectivity index (χ1v) is 9.35. The lowest BCUT2D eigenvalue weighted by molar-refractivity contribution is -0.231. The zero-order chi connectivity index (χ0) is 18.3. The third-order valence-corrected chi connectivity index (χ3v) is 5.86. The molecule has 1 aliphatic heterocycles. The number of aliphatic hydroxyl groups is 4. The van der Waals surface area contributed by atoms with Crippen molar-refractivity contribution in [3.63, 3.8) is 0 Å². The molecular weight excluding hydrogens is 352 g/mol. The maximum absolute atomic E-state index is 10.4. The zero-order valence-corrected chi connectivity index (χ0v) is 14.7. The molecule has 3 aromatic rings. The molecule has 0 amide bonds. The van der Waals surface area contributed by atoms with E-state index < -0.39 is 37.1 Å². The van der Waals surface area contributed by atoms with Crippen LogP contribution in [-0.2, 0) is 4.74 Å². The highest BCUT2D eigenvalue weighted by molar-refractivity contribution is 7.17. The number of ether oxygens (including phenoxy) is 1. The molecule has 2 heterocycles. The van der Waals surface area contributed by atoms with Gasteiger partial charge in [0.15, 0.2) is 0 Å². The summed E-state index contributed by atoms with van der Waals surface area (Å²) in [4.78, 5) is 0. The van der Waals surface area contributed by atoms with Crippen LogP contribution in [0.15, 0.2) is 53.9 Å². The average molecular weight is 372 g/mol. The van der Waals surface area contributed by atoms with Crippen molar-refractivity contribution >= 4 is 21.4 Å². The minimum atomic E-state index is -1.38. The van der Waals surface area contributed by atoms with Gasteiger partial charge in [0.05, 0.1) is 6.61 Å². The number of aliphatic hydroxyl groups excluding tert-OH is 4. The quantitative estimate of drug-likeness (QED) is 0.565. The lowest BCUT2D eigenvalue weighted by Crippen LogP contribution is -2.55. The van der Waals surface area contributed by atoms with Crippen LogP contribution < -0.4 is 0 Å². The van der Waals surface area contributed by atoms with Gasteiger partial charge in [-0.2, -0.15) is 0 Å². The van der Waals surface area contributed by atoms with Crippen molar-refractivity contribution in [1.29, 1.82) is 0 Å². The van der Waals surface area contributed by atoms with E-state index in [4.69, 9.17) is 4.74 Å². The Labute approximate surface area is 154 Å². The molecule has 0 bridgehead atoms. The lowest BCUT2D eigenvalue weighted by atomic mass is 9.90. The SMILES string of the molecule is OC[C@H]1O[C@@H](c2cccc(-c3csc4ccccc34)c2)[C@H](O)[C@@H](O)[C@@H]1O. The number of thiophene rings is 1. The van der Waals surface area contributed by atoms with Crippen LogP contribution in [0.25, 0.3) is 21.2 Å². The third-order valence-electron chi connectivity index (χ3n) is 4.90. The Morgan fingerprint density at radius 1 is 0.923 bits per heavy atom. The Balaban J connectivity index is 1.71. The topological polar surface area (TPSA) is 90.2 Å². The van der Waals surface area contributed by atoms with Crippen LogP contribution >= 0.6 is 11.3 Å². The molecule has 1 aliphatic rings. The Morgan fingerprint density at radius 3 is 2.54 bits per heavy atom. The van der Waals surface area contributed by atoms with Crippen LogP contribution in [-0.4, -0.2) is 51.4 Å². The highest BCUT2D eigenvalue weighted by Crippen LogP contribution is 2.37. The molecule has 2 aromatic carbocycles. The van der Waals surface area contributed by atoms with Gasteiger partial charge in [-0.25, -0.2) is 0 Å². The fraction of sp³-hybridized carbons (Fsp3) is 0.300. The normalized spacial score (nSPS) is 29.2. The summed E-state index contributed by atoms with van der Waals surface area (Å²) in [6.45, 7) is -0.434. The van der Waals surface area contributed by atoms with Gasteiger partial charge >= 0.3 is 0 Å². The van der Waals surface area contributed by atoms with Crippen molar-refractivity contribution in [2.24, 2.45) is 0 Å². The molecule has 5 atom stereocenters. The molecule has 1 saturated heterocycles. The first-order chi connectivity index (χ1) is 12.6. The van der Waals surface area contributed by atoms with Crippen molar-refractivity contribution in [2.75, 3.05) is 6.61 Å². The summed E-state index contributed by atoms with van der Waals surface area (Å²) < 4.78 is 6.86. The van der Waals surface area contributed by atoms with E-state index in [0.29, 0.717) is 5.56 Å². The highest BCUT2D eigenvalue weighted by Gasteiger charge is 2.43. The Hall–Kier alpha value is -1.80. The molecular formula is C20H20O5S.